The van der Waals surface area contributed by atoms with Gasteiger partial charge in [-0.3, -0.25) is 4.79 Å². The first-order valence-corrected chi connectivity index (χ1v) is 6.69. The van der Waals surface area contributed by atoms with Crippen molar-refractivity contribution in [3.8, 4) is 0 Å². The highest BCUT2D eigenvalue weighted by atomic mass is 127. The number of halogens is 2. The van der Waals surface area contributed by atoms with Gasteiger partial charge in [0.2, 0.25) is 0 Å². The number of carbonyl (C=O) groups excluding carboxylic acids is 1. The molecule has 0 aliphatic heterocycles. The van der Waals surface area contributed by atoms with E-state index in [0.717, 1.165) is 14.7 Å². The Morgan fingerprint density at radius 3 is 2.87 bits per heavy atom. The van der Waals surface area contributed by atoms with Gasteiger partial charge in [-0.05, 0) is 41.1 Å². The molecule has 0 aromatic heterocycles. The van der Waals surface area contributed by atoms with E-state index in [9.17, 15) is 4.79 Å². The fraction of sp³-hybridized carbons (Fsp3) is 0.364. The maximum Gasteiger partial charge on any atom is 0.252 e. The molecule has 1 amide bonds. The molecule has 1 aromatic carbocycles. The number of nitrogens with one attached hydrogen (secondary N) is 1. The van der Waals surface area contributed by atoms with Gasteiger partial charge in [-0.25, -0.2) is 0 Å². The molecule has 0 bridgehead atoms. The van der Waals surface area contributed by atoms with Crippen molar-refractivity contribution in [2.45, 2.75) is 18.7 Å². The summed E-state index contributed by atoms with van der Waals surface area (Å²) in [6.07, 6.45) is 0. The van der Waals surface area contributed by atoms with Gasteiger partial charge in [0.1, 0.15) is 0 Å². The molecule has 1 rings (SSSR count). The second-order valence-electron chi connectivity index (χ2n) is 3.43. The third-order valence-corrected chi connectivity index (χ3v) is 3.74. The van der Waals surface area contributed by atoms with Crippen LogP contribution in [0.2, 0.25) is 0 Å². The number of benzene rings is 1. The molecule has 0 heterocycles. The van der Waals surface area contributed by atoms with Gasteiger partial charge < -0.3 is 5.32 Å². The number of alkyl halides is 1. The van der Waals surface area contributed by atoms with Crippen molar-refractivity contribution < 1.29 is 4.79 Å². The molecule has 1 N–H and O–H groups in total. The Morgan fingerprint density at radius 2 is 2.27 bits per heavy atom. The molecule has 0 fully saturated rings. The lowest BCUT2D eigenvalue weighted by atomic mass is 10.1. The summed E-state index contributed by atoms with van der Waals surface area (Å²) < 4.78 is 1.02. The van der Waals surface area contributed by atoms with Crippen molar-refractivity contribution >= 4 is 44.4 Å². The zero-order valence-corrected chi connectivity index (χ0v) is 12.4. The largest absolute Gasteiger partial charge is 0.351 e. The summed E-state index contributed by atoms with van der Waals surface area (Å²) in [5, 5.41) is 2.88. The quantitative estimate of drug-likeness (QED) is 0.632. The second-order valence-corrected chi connectivity index (χ2v) is 6.07. The number of hydrogen-bond acceptors (Lipinski definition) is 1. The van der Waals surface area contributed by atoms with Crippen LogP contribution in [0, 0.1) is 10.5 Å². The normalized spacial score (nSPS) is 12.3. The van der Waals surface area contributed by atoms with Crippen LogP contribution in [0.5, 0.6) is 0 Å². The van der Waals surface area contributed by atoms with Crippen molar-refractivity contribution in [2.24, 2.45) is 0 Å². The molecule has 0 saturated carbocycles. The Balaban J connectivity index is 2.78. The fourth-order valence-electron chi connectivity index (χ4n) is 1.15. The molecule has 0 radical (unpaired) electrons. The minimum absolute atomic E-state index is 0.00519. The standard InChI is InChI=1S/C11H13BrINO/c1-7-4-3-5-9(10(7)13)11(15)14-6-8(2)12/h3-5,8H,6H2,1-2H3,(H,14,15). The van der Waals surface area contributed by atoms with Crippen LogP contribution in [0.4, 0.5) is 0 Å². The van der Waals surface area contributed by atoms with Crippen LogP contribution in [-0.2, 0) is 0 Å². The van der Waals surface area contributed by atoms with Crippen molar-refractivity contribution in [2.75, 3.05) is 6.54 Å². The van der Waals surface area contributed by atoms with Gasteiger partial charge in [-0.15, -0.1) is 0 Å². The maximum absolute atomic E-state index is 11.8. The van der Waals surface area contributed by atoms with Crippen LogP contribution < -0.4 is 5.32 Å². The van der Waals surface area contributed by atoms with Gasteiger partial charge in [-0.1, -0.05) is 35.0 Å². The highest BCUT2D eigenvalue weighted by Crippen LogP contribution is 2.16. The first kappa shape index (κ1) is 13.0. The highest BCUT2D eigenvalue weighted by Gasteiger charge is 2.10. The van der Waals surface area contributed by atoms with Gasteiger partial charge in [0.25, 0.3) is 5.91 Å². The average molecular weight is 382 g/mol. The van der Waals surface area contributed by atoms with E-state index in [1.54, 1.807) is 0 Å². The van der Waals surface area contributed by atoms with Crippen LogP contribution >= 0.6 is 38.5 Å². The number of amides is 1. The zero-order valence-electron chi connectivity index (χ0n) is 8.68. The van der Waals surface area contributed by atoms with E-state index < -0.39 is 0 Å². The van der Waals surface area contributed by atoms with Gasteiger partial charge in [-0.2, -0.15) is 0 Å². The van der Waals surface area contributed by atoms with E-state index in [2.05, 4.69) is 43.8 Å². The van der Waals surface area contributed by atoms with Gasteiger partial charge in [0, 0.05) is 14.9 Å². The first-order chi connectivity index (χ1) is 7.02. The van der Waals surface area contributed by atoms with Gasteiger partial charge in [0.15, 0.2) is 0 Å². The van der Waals surface area contributed by atoms with Gasteiger partial charge in [0.05, 0.1) is 5.56 Å². The first-order valence-electron chi connectivity index (χ1n) is 4.69. The van der Waals surface area contributed by atoms with Crippen molar-refractivity contribution in [3.63, 3.8) is 0 Å². The minimum Gasteiger partial charge on any atom is -0.351 e. The molecular formula is C11H13BrINO. The Labute approximate surface area is 112 Å². The summed E-state index contributed by atoms with van der Waals surface area (Å²) in [6, 6.07) is 5.76. The molecule has 0 aliphatic rings. The number of rotatable bonds is 3. The zero-order chi connectivity index (χ0) is 11.4. The highest BCUT2D eigenvalue weighted by molar-refractivity contribution is 14.1. The summed E-state index contributed by atoms with van der Waals surface area (Å²) in [5.41, 5.74) is 1.89. The third kappa shape index (κ3) is 3.75. The van der Waals surface area contributed by atoms with Crippen LogP contribution in [0.3, 0.4) is 0 Å². The smallest absolute Gasteiger partial charge is 0.252 e. The molecule has 1 unspecified atom stereocenters. The number of aryl methyl sites for hydroxylation is 1. The van der Waals surface area contributed by atoms with E-state index in [0.29, 0.717) is 11.4 Å². The topological polar surface area (TPSA) is 29.1 Å². The molecule has 2 nitrogen and oxygen atoms in total. The van der Waals surface area contributed by atoms with E-state index in [1.165, 1.54) is 0 Å². The Hall–Kier alpha value is -0.100. The monoisotopic (exact) mass is 381 g/mol. The fourth-order valence-corrected chi connectivity index (χ4v) is 1.92. The van der Waals surface area contributed by atoms with Crippen molar-refractivity contribution in [1.82, 2.24) is 5.32 Å². The number of hydrogen-bond donors (Lipinski definition) is 1. The van der Waals surface area contributed by atoms with Crippen LogP contribution in [-0.4, -0.2) is 17.3 Å². The van der Waals surface area contributed by atoms with E-state index in [1.807, 2.05) is 32.0 Å². The van der Waals surface area contributed by atoms with Gasteiger partial charge >= 0.3 is 0 Å². The molecule has 15 heavy (non-hydrogen) atoms. The number of carbonyl (C=O) groups is 1. The lowest BCUT2D eigenvalue weighted by Crippen LogP contribution is -2.29. The molecular weight excluding hydrogens is 369 g/mol. The summed E-state index contributed by atoms with van der Waals surface area (Å²) in [5.74, 6) is -0.00519. The van der Waals surface area contributed by atoms with Crippen LogP contribution in [0.1, 0.15) is 22.8 Å². The molecule has 0 saturated heterocycles. The lowest BCUT2D eigenvalue weighted by Gasteiger charge is -2.09. The summed E-state index contributed by atoms with van der Waals surface area (Å²) >= 11 is 5.60. The predicted molar refractivity (Wildman–Crippen MR) is 74.6 cm³/mol. The average Bonchev–Trinajstić information content (AvgIpc) is 2.18. The van der Waals surface area contributed by atoms with Crippen molar-refractivity contribution in [3.05, 3.63) is 32.9 Å². The molecule has 82 valence electrons. The molecule has 0 aliphatic carbocycles. The maximum atomic E-state index is 11.8. The van der Waals surface area contributed by atoms with E-state index in [4.69, 9.17) is 0 Å². The lowest BCUT2D eigenvalue weighted by molar-refractivity contribution is 0.0953. The van der Waals surface area contributed by atoms with E-state index in [-0.39, 0.29) is 5.91 Å². The molecule has 1 aromatic rings. The van der Waals surface area contributed by atoms with Crippen molar-refractivity contribution in [1.29, 1.82) is 0 Å². The third-order valence-electron chi connectivity index (χ3n) is 1.98. The summed E-state index contributed by atoms with van der Waals surface area (Å²) in [7, 11) is 0. The SMILES string of the molecule is Cc1cccc(C(=O)NCC(C)Br)c1I. The predicted octanol–water partition coefficient (Wildman–Crippen LogP) is 3.11. The van der Waals surface area contributed by atoms with Crippen LogP contribution in [0.15, 0.2) is 18.2 Å². The summed E-state index contributed by atoms with van der Waals surface area (Å²) in [6.45, 7) is 4.65. The Bertz CT molecular complexity index is 366. The second kappa shape index (κ2) is 5.84. The molecule has 0 spiro atoms. The molecule has 1 atom stereocenters. The minimum atomic E-state index is -0.00519. The Morgan fingerprint density at radius 1 is 1.60 bits per heavy atom. The molecule has 4 heteroatoms. The Kier molecular flexibility index (Phi) is 5.05. The summed E-state index contributed by atoms with van der Waals surface area (Å²) in [4.78, 5) is 12.1. The van der Waals surface area contributed by atoms with E-state index >= 15 is 0 Å². The van der Waals surface area contributed by atoms with Crippen LogP contribution in [0.25, 0.3) is 0 Å².